The maximum absolute atomic E-state index is 12.8. The number of rotatable bonds is 4. The lowest BCUT2D eigenvalue weighted by molar-refractivity contribution is -0.136. The first kappa shape index (κ1) is 17.4. The zero-order valence-electron chi connectivity index (χ0n) is 12.7. The van der Waals surface area contributed by atoms with E-state index < -0.39 is 17.8 Å². The molecular formula is C17H15F3N2O2. The fraction of sp³-hybridized carbons (Fsp3) is 0.118. The van der Waals surface area contributed by atoms with Crippen molar-refractivity contribution in [1.82, 2.24) is 5.32 Å². The molecule has 0 fully saturated rings. The summed E-state index contributed by atoms with van der Waals surface area (Å²) in [6.07, 6.45) is -1.61. The summed E-state index contributed by atoms with van der Waals surface area (Å²) >= 11 is 0. The molecule has 7 heteroatoms. The normalized spacial score (nSPS) is 11.3. The highest BCUT2D eigenvalue weighted by Crippen LogP contribution is 2.34. The van der Waals surface area contributed by atoms with Gasteiger partial charge in [0.2, 0.25) is 0 Å². The molecule has 0 aromatic heterocycles. The van der Waals surface area contributed by atoms with Crippen LogP contribution in [0.2, 0.25) is 0 Å². The summed E-state index contributed by atoms with van der Waals surface area (Å²) < 4.78 is 43.6. The number of carbonyl (C=O) groups excluding carboxylic acids is 1. The van der Waals surface area contributed by atoms with Crippen LogP contribution in [-0.4, -0.2) is 13.1 Å². The molecule has 4 nitrogen and oxygen atoms in total. The second-order valence-corrected chi connectivity index (χ2v) is 4.75. The van der Waals surface area contributed by atoms with Crippen molar-refractivity contribution < 1.29 is 22.7 Å². The van der Waals surface area contributed by atoms with Crippen LogP contribution in [0.3, 0.4) is 0 Å². The Morgan fingerprint density at radius 3 is 2.58 bits per heavy atom. The molecular weight excluding hydrogens is 321 g/mol. The van der Waals surface area contributed by atoms with E-state index in [0.717, 1.165) is 11.6 Å². The molecule has 0 aliphatic rings. The monoisotopic (exact) mass is 336 g/mol. The number of benzene rings is 2. The summed E-state index contributed by atoms with van der Waals surface area (Å²) in [5.41, 5.74) is -0.445. The van der Waals surface area contributed by atoms with Gasteiger partial charge in [-0.3, -0.25) is 0 Å². The van der Waals surface area contributed by atoms with Crippen LogP contribution in [-0.2, 0) is 6.18 Å². The van der Waals surface area contributed by atoms with Crippen LogP contribution in [0.1, 0.15) is 11.1 Å². The van der Waals surface area contributed by atoms with Gasteiger partial charge < -0.3 is 15.4 Å². The Balaban J connectivity index is 2.00. The van der Waals surface area contributed by atoms with Crippen LogP contribution in [0.25, 0.3) is 6.08 Å². The van der Waals surface area contributed by atoms with Crippen molar-refractivity contribution >= 4 is 17.8 Å². The number of urea groups is 1. The van der Waals surface area contributed by atoms with Crippen molar-refractivity contribution in [3.05, 3.63) is 65.9 Å². The van der Waals surface area contributed by atoms with Crippen LogP contribution in [0.15, 0.2) is 54.7 Å². The Morgan fingerprint density at radius 1 is 1.12 bits per heavy atom. The zero-order valence-corrected chi connectivity index (χ0v) is 12.7. The summed E-state index contributed by atoms with van der Waals surface area (Å²) in [4.78, 5) is 11.7. The minimum Gasteiger partial charge on any atom is -0.497 e. The predicted octanol–water partition coefficient (Wildman–Crippen LogP) is 4.51. The highest BCUT2D eigenvalue weighted by molar-refractivity contribution is 5.91. The molecule has 2 aromatic rings. The van der Waals surface area contributed by atoms with Gasteiger partial charge in [-0.15, -0.1) is 0 Å². The van der Waals surface area contributed by atoms with Crippen LogP contribution in [0.4, 0.5) is 23.7 Å². The molecule has 0 aliphatic carbocycles. The molecule has 0 saturated carbocycles. The Hall–Kier alpha value is -2.96. The number of nitrogens with one attached hydrogen (secondary N) is 2. The van der Waals surface area contributed by atoms with Crippen molar-refractivity contribution in [3.63, 3.8) is 0 Å². The highest BCUT2D eigenvalue weighted by Gasteiger charge is 2.33. The number of alkyl halides is 3. The summed E-state index contributed by atoms with van der Waals surface area (Å²) in [6.45, 7) is 0. The average molecular weight is 336 g/mol. The molecule has 0 unspecified atom stereocenters. The van der Waals surface area contributed by atoms with Crippen LogP contribution in [0, 0.1) is 0 Å². The fourth-order valence-corrected chi connectivity index (χ4v) is 1.96. The minimum atomic E-state index is -4.54. The largest absolute Gasteiger partial charge is 0.497 e. The second-order valence-electron chi connectivity index (χ2n) is 4.75. The van der Waals surface area contributed by atoms with Crippen molar-refractivity contribution in [3.8, 4) is 5.75 Å². The van der Waals surface area contributed by atoms with Gasteiger partial charge in [0, 0.05) is 6.20 Å². The molecule has 0 radical (unpaired) electrons. The third-order valence-corrected chi connectivity index (χ3v) is 3.06. The first-order chi connectivity index (χ1) is 11.4. The van der Waals surface area contributed by atoms with Gasteiger partial charge in [0.25, 0.3) is 0 Å². The maximum atomic E-state index is 12.8. The SMILES string of the molecule is COc1cccc(/C=C/NC(=O)Nc2ccccc2C(F)(F)F)c1. The van der Waals surface area contributed by atoms with E-state index >= 15 is 0 Å². The highest BCUT2D eigenvalue weighted by atomic mass is 19.4. The summed E-state index contributed by atoms with van der Waals surface area (Å²) in [5.74, 6) is 0.653. The van der Waals surface area contributed by atoms with Gasteiger partial charge in [0.05, 0.1) is 18.4 Å². The minimum absolute atomic E-state index is 0.308. The van der Waals surface area contributed by atoms with Crippen molar-refractivity contribution in [2.24, 2.45) is 0 Å². The molecule has 2 amide bonds. The third-order valence-electron chi connectivity index (χ3n) is 3.06. The molecule has 126 valence electrons. The average Bonchev–Trinajstić information content (AvgIpc) is 2.54. The summed E-state index contributed by atoms with van der Waals surface area (Å²) in [6, 6.07) is 11.1. The summed E-state index contributed by atoms with van der Waals surface area (Å²) in [7, 11) is 1.53. The van der Waals surface area contributed by atoms with Gasteiger partial charge in [-0.2, -0.15) is 13.2 Å². The number of amides is 2. The van der Waals surface area contributed by atoms with Crippen LogP contribution < -0.4 is 15.4 Å². The Morgan fingerprint density at radius 2 is 1.88 bits per heavy atom. The lowest BCUT2D eigenvalue weighted by atomic mass is 10.1. The van der Waals surface area contributed by atoms with E-state index in [9.17, 15) is 18.0 Å². The first-order valence-electron chi connectivity index (χ1n) is 6.94. The second kappa shape index (κ2) is 7.54. The number of para-hydroxylation sites is 1. The third kappa shape index (κ3) is 4.77. The molecule has 24 heavy (non-hydrogen) atoms. The van der Waals surface area contributed by atoms with Gasteiger partial charge in [0.1, 0.15) is 5.75 Å². The van der Waals surface area contributed by atoms with Gasteiger partial charge >= 0.3 is 12.2 Å². The quantitative estimate of drug-likeness (QED) is 0.863. The van der Waals surface area contributed by atoms with Gasteiger partial charge in [0.15, 0.2) is 0 Å². The van der Waals surface area contributed by atoms with Crippen molar-refractivity contribution in [2.75, 3.05) is 12.4 Å². The van der Waals surface area contributed by atoms with Gasteiger partial charge in [-0.25, -0.2) is 4.79 Å². The lowest BCUT2D eigenvalue weighted by Gasteiger charge is -2.13. The van der Waals surface area contributed by atoms with E-state index in [0.29, 0.717) is 5.75 Å². The van der Waals surface area contributed by atoms with E-state index in [1.54, 1.807) is 30.3 Å². The topological polar surface area (TPSA) is 50.4 Å². The number of methoxy groups -OCH3 is 1. The molecule has 0 atom stereocenters. The Kier molecular flexibility index (Phi) is 5.47. The number of halogens is 3. The summed E-state index contributed by atoms with van der Waals surface area (Å²) in [5, 5.41) is 4.54. The van der Waals surface area contributed by atoms with E-state index in [-0.39, 0.29) is 5.69 Å². The Bertz CT molecular complexity index is 743. The molecule has 0 bridgehead atoms. The van der Waals surface area contributed by atoms with E-state index in [1.165, 1.54) is 31.5 Å². The van der Waals surface area contributed by atoms with Crippen molar-refractivity contribution in [1.29, 1.82) is 0 Å². The lowest BCUT2D eigenvalue weighted by Crippen LogP contribution is -2.25. The van der Waals surface area contributed by atoms with E-state index in [2.05, 4.69) is 10.6 Å². The predicted molar refractivity (Wildman–Crippen MR) is 85.6 cm³/mol. The van der Waals surface area contributed by atoms with Crippen molar-refractivity contribution in [2.45, 2.75) is 6.18 Å². The van der Waals surface area contributed by atoms with Gasteiger partial charge in [-0.1, -0.05) is 24.3 Å². The maximum Gasteiger partial charge on any atom is 0.418 e. The molecule has 0 heterocycles. The molecule has 2 N–H and O–H groups in total. The van der Waals surface area contributed by atoms with E-state index in [4.69, 9.17) is 4.74 Å². The number of hydrogen-bond acceptors (Lipinski definition) is 2. The smallest absolute Gasteiger partial charge is 0.418 e. The Labute approximate surface area is 136 Å². The van der Waals surface area contributed by atoms with Gasteiger partial charge in [-0.05, 0) is 35.9 Å². The standard InChI is InChI=1S/C17H15F3N2O2/c1-24-13-6-4-5-12(11-13)9-10-21-16(23)22-15-8-3-2-7-14(15)17(18,19)20/h2-11H,1H3,(H2,21,22,23)/b10-9+. The van der Waals surface area contributed by atoms with E-state index in [1.807, 2.05) is 0 Å². The number of ether oxygens (including phenoxy) is 1. The molecule has 2 aromatic carbocycles. The number of carbonyl (C=O) groups is 1. The van der Waals surface area contributed by atoms with Crippen LogP contribution >= 0.6 is 0 Å². The molecule has 0 aliphatic heterocycles. The molecule has 0 saturated heterocycles. The number of anilines is 1. The zero-order chi connectivity index (χ0) is 17.6. The molecule has 0 spiro atoms. The van der Waals surface area contributed by atoms with Crippen LogP contribution in [0.5, 0.6) is 5.75 Å². The first-order valence-corrected chi connectivity index (χ1v) is 6.94. The molecule has 2 rings (SSSR count). The number of hydrogen-bond donors (Lipinski definition) is 2. The fourth-order valence-electron chi connectivity index (χ4n) is 1.96.